The number of hydrogen-bond acceptors (Lipinski definition) is 3. The van der Waals surface area contributed by atoms with Crippen LogP contribution in [-0.2, 0) is 0 Å². The van der Waals surface area contributed by atoms with Gasteiger partial charge >= 0.3 is 0 Å². The van der Waals surface area contributed by atoms with Gasteiger partial charge in [-0.05, 0) is 30.3 Å². The summed E-state index contributed by atoms with van der Waals surface area (Å²) in [6.45, 7) is 0. The third kappa shape index (κ3) is 2.43. The van der Waals surface area contributed by atoms with Gasteiger partial charge in [0.15, 0.2) is 6.29 Å². The van der Waals surface area contributed by atoms with Crippen LogP contribution in [0.25, 0.3) is 16.9 Å². The van der Waals surface area contributed by atoms with Crippen LogP contribution in [0.5, 0.6) is 0 Å². The molecule has 0 saturated heterocycles. The largest absolute Gasteiger partial charge is 0.298 e. The molecule has 0 aliphatic rings. The molecule has 6 heteroatoms. The highest BCUT2D eigenvalue weighted by Crippen LogP contribution is 2.26. The molecule has 2 heterocycles. The van der Waals surface area contributed by atoms with Crippen molar-refractivity contribution < 1.29 is 13.6 Å². The summed E-state index contributed by atoms with van der Waals surface area (Å²) in [5, 5.41) is 4.17. The molecule has 21 heavy (non-hydrogen) atoms. The molecule has 1 aromatic carbocycles. The van der Waals surface area contributed by atoms with Crippen LogP contribution < -0.4 is 0 Å². The highest BCUT2D eigenvalue weighted by Gasteiger charge is 2.16. The van der Waals surface area contributed by atoms with Crippen LogP contribution in [0.1, 0.15) is 10.4 Å². The van der Waals surface area contributed by atoms with E-state index < -0.39 is 11.6 Å². The Morgan fingerprint density at radius 2 is 1.86 bits per heavy atom. The van der Waals surface area contributed by atoms with Gasteiger partial charge in [0.2, 0.25) is 0 Å². The van der Waals surface area contributed by atoms with Crippen molar-refractivity contribution in [3.05, 3.63) is 66.1 Å². The summed E-state index contributed by atoms with van der Waals surface area (Å²) in [4.78, 5) is 15.0. The SMILES string of the molecule is O=Cc1cn(-c2ccncc2)nc1-c1cc(F)ccc1F. The minimum Gasteiger partial charge on any atom is -0.298 e. The Hall–Kier alpha value is -2.89. The van der Waals surface area contributed by atoms with Gasteiger partial charge in [-0.2, -0.15) is 5.10 Å². The summed E-state index contributed by atoms with van der Waals surface area (Å²) in [6, 6.07) is 6.41. The van der Waals surface area contributed by atoms with Crippen LogP contribution in [0.2, 0.25) is 0 Å². The summed E-state index contributed by atoms with van der Waals surface area (Å²) in [5.74, 6) is -1.24. The second kappa shape index (κ2) is 5.24. The predicted molar refractivity (Wildman–Crippen MR) is 72.1 cm³/mol. The summed E-state index contributed by atoms with van der Waals surface area (Å²) in [7, 11) is 0. The van der Waals surface area contributed by atoms with Gasteiger partial charge in [0, 0.05) is 24.2 Å². The molecular formula is C15H9F2N3O. The zero-order valence-corrected chi connectivity index (χ0v) is 10.7. The van der Waals surface area contributed by atoms with Gasteiger partial charge in [-0.15, -0.1) is 0 Å². The quantitative estimate of drug-likeness (QED) is 0.695. The van der Waals surface area contributed by atoms with E-state index in [9.17, 15) is 13.6 Å². The molecule has 104 valence electrons. The Kier molecular flexibility index (Phi) is 3.27. The molecule has 0 aliphatic carbocycles. The molecule has 0 amide bonds. The lowest BCUT2D eigenvalue weighted by atomic mass is 10.1. The van der Waals surface area contributed by atoms with Crippen LogP contribution in [0.4, 0.5) is 8.78 Å². The maximum atomic E-state index is 13.8. The van der Waals surface area contributed by atoms with Gasteiger partial charge in [-0.25, -0.2) is 13.5 Å². The van der Waals surface area contributed by atoms with E-state index in [0.29, 0.717) is 12.0 Å². The van der Waals surface area contributed by atoms with Gasteiger partial charge in [-0.3, -0.25) is 9.78 Å². The fourth-order valence-corrected chi connectivity index (χ4v) is 1.99. The number of pyridine rings is 1. The molecule has 0 unspecified atom stereocenters. The van der Waals surface area contributed by atoms with Crippen molar-refractivity contribution in [3.8, 4) is 16.9 Å². The Balaban J connectivity index is 2.17. The van der Waals surface area contributed by atoms with E-state index in [-0.39, 0.29) is 16.8 Å². The average Bonchev–Trinajstić information content (AvgIpc) is 2.94. The molecule has 3 rings (SSSR count). The molecule has 0 spiro atoms. The number of carbonyl (C=O) groups is 1. The van der Waals surface area contributed by atoms with Crippen LogP contribution in [0, 0.1) is 11.6 Å². The van der Waals surface area contributed by atoms with E-state index in [4.69, 9.17) is 0 Å². The van der Waals surface area contributed by atoms with E-state index in [1.54, 1.807) is 24.5 Å². The van der Waals surface area contributed by atoms with Gasteiger partial charge in [0.1, 0.15) is 17.3 Å². The molecule has 0 atom stereocenters. The second-order valence-corrected chi connectivity index (χ2v) is 4.33. The number of rotatable bonds is 3. The van der Waals surface area contributed by atoms with Gasteiger partial charge in [-0.1, -0.05) is 0 Å². The zero-order valence-electron chi connectivity index (χ0n) is 10.7. The summed E-state index contributed by atoms with van der Waals surface area (Å²) < 4.78 is 28.6. The monoisotopic (exact) mass is 285 g/mol. The first-order valence-corrected chi connectivity index (χ1v) is 6.09. The van der Waals surface area contributed by atoms with E-state index in [1.807, 2.05) is 0 Å². The van der Waals surface area contributed by atoms with E-state index >= 15 is 0 Å². The van der Waals surface area contributed by atoms with Crippen LogP contribution in [0.15, 0.2) is 48.9 Å². The molecule has 4 nitrogen and oxygen atoms in total. The minimum absolute atomic E-state index is 0.0510. The molecule has 0 fully saturated rings. The average molecular weight is 285 g/mol. The lowest BCUT2D eigenvalue weighted by molar-refractivity contribution is 0.112. The smallest absolute Gasteiger partial charge is 0.153 e. The van der Waals surface area contributed by atoms with Crippen LogP contribution in [-0.4, -0.2) is 21.1 Å². The summed E-state index contributed by atoms with van der Waals surface area (Å²) >= 11 is 0. The standard InChI is InChI=1S/C15H9F2N3O/c16-11-1-2-14(17)13(7-11)15-10(9-21)8-20(19-15)12-3-5-18-6-4-12/h1-9H. The Morgan fingerprint density at radius 3 is 2.57 bits per heavy atom. The maximum Gasteiger partial charge on any atom is 0.153 e. The molecular weight excluding hydrogens is 276 g/mol. The summed E-state index contributed by atoms with van der Waals surface area (Å²) in [5.41, 5.74) is 0.885. The van der Waals surface area contributed by atoms with Crippen molar-refractivity contribution in [3.63, 3.8) is 0 Å². The topological polar surface area (TPSA) is 47.8 Å². The van der Waals surface area contributed by atoms with Crippen molar-refractivity contribution in [2.24, 2.45) is 0 Å². The number of nitrogens with zero attached hydrogens (tertiary/aromatic N) is 3. The predicted octanol–water partition coefficient (Wildman–Crippen LogP) is 3.03. The molecule has 0 aliphatic heterocycles. The maximum absolute atomic E-state index is 13.8. The molecule has 0 bridgehead atoms. The number of aldehydes is 1. The molecule has 2 aromatic heterocycles. The Labute approximate surface area is 118 Å². The normalized spacial score (nSPS) is 10.6. The number of aromatic nitrogens is 3. The van der Waals surface area contributed by atoms with Crippen molar-refractivity contribution in [1.82, 2.24) is 14.8 Å². The number of benzene rings is 1. The minimum atomic E-state index is -0.639. The van der Waals surface area contributed by atoms with Gasteiger partial charge < -0.3 is 0 Å². The van der Waals surface area contributed by atoms with Crippen molar-refractivity contribution in [1.29, 1.82) is 0 Å². The van der Waals surface area contributed by atoms with E-state index in [0.717, 1.165) is 18.2 Å². The zero-order chi connectivity index (χ0) is 14.8. The molecule has 0 saturated carbocycles. The Bertz CT molecular complexity index is 800. The fraction of sp³-hybridized carbons (Fsp3) is 0. The lowest BCUT2D eigenvalue weighted by Crippen LogP contribution is -1.95. The van der Waals surface area contributed by atoms with E-state index in [1.165, 1.54) is 10.9 Å². The lowest BCUT2D eigenvalue weighted by Gasteiger charge is -2.01. The first kappa shape index (κ1) is 13.1. The molecule has 0 N–H and O–H groups in total. The first-order chi connectivity index (χ1) is 10.2. The van der Waals surface area contributed by atoms with Crippen molar-refractivity contribution >= 4 is 6.29 Å². The first-order valence-electron chi connectivity index (χ1n) is 6.09. The van der Waals surface area contributed by atoms with Crippen LogP contribution in [0.3, 0.4) is 0 Å². The second-order valence-electron chi connectivity index (χ2n) is 4.33. The number of hydrogen-bond donors (Lipinski definition) is 0. The van der Waals surface area contributed by atoms with E-state index in [2.05, 4.69) is 10.1 Å². The van der Waals surface area contributed by atoms with Gasteiger partial charge in [0.25, 0.3) is 0 Å². The molecule has 0 radical (unpaired) electrons. The Morgan fingerprint density at radius 1 is 1.10 bits per heavy atom. The third-order valence-electron chi connectivity index (χ3n) is 2.98. The third-order valence-corrected chi connectivity index (χ3v) is 2.98. The van der Waals surface area contributed by atoms with Crippen molar-refractivity contribution in [2.75, 3.05) is 0 Å². The number of halogens is 2. The van der Waals surface area contributed by atoms with Crippen molar-refractivity contribution in [2.45, 2.75) is 0 Å². The number of carbonyl (C=O) groups excluding carboxylic acids is 1. The van der Waals surface area contributed by atoms with Gasteiger partial charge in [0.05, 0.1) is 11.3 Å². The molecule has 3 aromatic rings. The highest BCUT2D eigenvalue weighted by atomic mass is 19.1. The highest BCUT2D eigenvalue weighted by molar-refractivity contribution is 5.85. The fourth-order valence-electron chi connectivity index (χ4n) is 1.99. The van der Waals surface area contributed by atoms with Crippen LogP contribution >= 0.6 is 0 Å². The summed E-state index contributed by atoms with van der Waals surface area (Å²) in [6.07, 6.45) is 5.16.